The number of nitro groups is 1. The molecule has 0 saturated carbocycles. The molecular weight excluding hydrogens is 256 g/mol. The van der Waals surface area contributed by atoms with Gasteiger partial charge in [0.25, 0.3) is 5.69 Å². The van der Waals surface area contributed by atoms with Gasteiger partial charge in [0.15, 0.2) is 5.71 Å². The number of rotatable bonds is 3. The molecule has 0 fully saturated rings. The van der Waals surface area contributed by atoms with E-state index in [4.69, 9.17) is 5.73 Å². The summed E-state index contributed by atoms with van der Waals surface area (Å²) in [6, 6.07) is 14.6. The van der Waals surface area contributed by atoms with E-state index in [9.17, 15) is 15.4 Å². The van der Waals surface area contributed by atoms with Gasteiger partial charge in [0.2, 0.25) is 0 Å². The number of nitriles is 1. The van der Waals surface area contributed by atoms with Crippen LogP contribution in [-0.2, 0) is 0 Å². The molecule has 0 aliphatic heterocycles. The molecule has 2 aromatic rings. The number of benzene rings is 2. The van der Waals surface area contributed by atoms with Gasteiger partial charge in [-0.2, -0.15) is 5.26 Å². The van der Waals surface area contributed by atoms with Crippen LogP contribution in [-0.4, -0.2) is 10.6 Å². The van der Waals surface area contributed by atoms with Crippen LogP contribution >= 0.6 is 0 Å². The van der Waals surface area contributed by atoms with Crippen molar-refractivity contribution in [1.82, 2.24) is 0 Å². The molecule has 2 aromatic carbocycles. The van der Waals surface area contributed by atoms with E-state index in [2.05, 4.69) is 4.99 Å². The van der Waals surface area contributed by atoms with Crippen molar-refractivity contribution in [2.24, 2.45) is 4.99 Å². The van der Waals surface area contributed by atoms with Crippen molar-refractivity contribution < 1.29 is 4.92 Å². The summed E-state index contributed by atoms with van der Waals surface area (Å²) in [6.45, 7) is 0. The lowest BCUT2D eigenvalue weighted by Crippen LogP contribution is -2.02. The predicted octanol–water partition coefficient (Wildman–Crippen LogP) is 2.82. The third-order valence-electron chi connectivity index (χ3n) is 2.63. The van der Waals surface area contributed by atoms with Gasteiger partial charge in [0, 0.05) is 6.07 Å². The number of nitrogens with zero attached hydrogens (tertiary/aromatic N) is 3. The number of aliphatic imine (C=N–C) groups is 1. The second kappa shape index (κ2) is 5.63. The van der Waals surface area contributed by atoms with E-state index in [0.29, 0.717) is 11.4 Å². The molecule has 0 radical (unpaired) electrons. The molecule has 0 bridgehead atoms. The Kier molecular flexibility index (Phi) is 3.72. The highest BCUT2D eigenvalue weighted by atomic mass is 16.6. The average Bonchev–Trinajstić information content (AvgIpc) is 2.46. The number of nitro benzene ring substituents is 1. The molecule has 0 aromatic heterocycles. The van der Waals surface area contributed by atoms with Crippen LogP contribution in [0.5, 0.6) is 0 Å². The summed E-state index contributed by atoms with van der Waals surface area (Å²) < 4.78 is 0. The van der Waals surface area contributed by atoms with Crippen molar-refractivity contribution in [3.8, 4) is 6.07 Å². The van der Waals surface area contributed by atoms with E-state index >= 15 is 0 Å². The van der Waals surface area contributed by atoms with Crippen LogP contribution in [0, 0.1) is 21.4 Å². The van der Waals surface area contributed by atoms with Crippen LogP contribution in [0.25, 0.3) is 0 Å². The van der Waals surface area contributed by atoms with Crippen LogP contribution in [0.15, 0.2) is 53.5 Å². The van der Waals surface area contributed by atoms with Crippen LogP contribution in [0.2, 0.25) is 0 Å². The average molecular weight is 266 g/mol. The van der Waals surface area contributed by atoms with Crippen molar-refractivity contribution in [2.45, 2.75) is 0 Å². The standard InChI is InChI=1S/C14H10N4O2/c15-9-13(17-12-7-3-2-6-11(12)16)10-5-1-4-8-14(10)18(19)20/h1-8H,16H2. The van der Waals surface area contributed by atoms with E-state index in [1.807, 2.05) is 6.07 Å². The Labute approximate surface area is 114 Å². The third-order valence-corrected chi connectivity index (χ3v) is 2.63. The quantitative estimate of drug-likeness (QED) is 0.399. The van der Waals surface area contributed by atoms with E-state index in [-0.39, 0.29) is 17.0 Å². The number of hydrogen-bond donors (Lipinski definition) is 1. The van der Waals surface area contributed by atoms with Crippen LogP contribution in [0.1, 0.15) is 5.56 Å². The monoisotopic (exact) mass is 266 g/mol. The van der Waals surface area contributed by atoms with Gasteiger partial charge in [-0.25, -0.2) is 4.99 Å². The highest BCUT2D eigenvalue weighted by molar-refractivity contribution is 6.15. The van der Waals surface area contributed by atoms with E-state index in [1.54, 1.807) is 30.3 Å². The zero-order chi connectivity index (χ0) is 14.5. The maximum atomic E-state index is 11.0. The summed E-state index contributed by atoms with van der Waals surface area (Å²) in [6.07, 6.45) is 0. The highest BCUT2D eigenvalue weighted by Crippen LogP contribution is 2.24. The normalized spacial score (nSPS) is 10.8. The molecule has 0 amide bonds. The number of nitrogens with two attached hydrogens (primary N) is 1. The lowest BCUT2D eigenvalue weighted by atomic mass is 10.1. The summed E-state index contributed by atoms with van der Waals surface area (Å²) in [7, 11) is 0. The molecule has 0 atom stereocenters. The van der Waals surface area contributed by atoms with Gasteiger partial charge in [-0.3, -0.25) is 10.1 Å². The molecule has 0 unspecified atom stereocenters. The first-order valence-corrected chi connectivity index (χ1v) is 5.70. The molecule has 0 spiro atoms. The minimum absolute atomic E-state index is 0.0461. The lowest BCUT2D eigenvalue weighted by Gasteiger charge is -2.02. The van der Waals surface area contributed by atoms with Gasteiger partial charge < -0.3 is 5.73 Å². The predicted molar refractivity (Wildman–Crippen MR) is 75.8 cm³/mol. The molecule has 0 aliphatic rings. The Bertz CT molecular complexity index is 732. The Morgan fingerprint density at radius 2 is 1.85 bits per heavy atom. The summed E-state index contributed by atoms with van der Waals surface area (Å²) in [5, 5.41) is 20.2. The maximum Gasteiger partial charge on any atom is 0.279 e. The number of hydrogen-bond acceptors (Lipinski definition) is 5. The minimum Gasteiger partial charge on any atom is -0.397 e. The minimum atomic E-state index is -0.545. The number of anilines is 1. The fourth-order valence-corrected chi connectivity index (χ4v) is 1.69. The van der Waals surface area contributed by atoms with Crippen molar-refractivity contribution in [1.29, 1.82) is 5.26 Å². The van der Waals surface area contributed by atoms with Crippen molar-refractivity contribution in [3.63, 3.8) is 0 Å². The zero-order valence-corrected chi connectivity index (χ0v) is 10.4. The van der Waals surface area contributed by atoms with Gasteiger partial charge in [-0.15, -0.1) is 0 Å². The largest absolute Gasteiger partial charge is 0.397 e. The SMILES string of the molecule is N#CC(=Nc1ccccc1N)c1ccccc1[N+](=O)[O-]. The second-order valence-corrected chi connectivity index (χ2v) is 3.91. The molecule has 6 heteroatoms. The molecule has 0 saturated heterocycles. The molecule has 2 N–H and O–H groups in total. The smallest absolute Gasteiger partial charge is 0.279 e. The second-order valence-electron chi connectivity index (χ2n) is 3.91. The third kappa shape index (κ3) is 2.62. The van der Waals surface area contributed by atoms with Crippen LogP contribution < -0.4 is 5.73 Å². The lowest BCUT2D eigenvalue weighted by molar-refractivity contribution is -0.385. The molecule has 0 aliphatic carbocycles. The molecule has 2 rings (SSSR count). The summed E-state index contributed by atoms with van der Waals surface area (Å²) >= 11 is 0. The van der Waals surface area contributed by atoms with E-state index in [0.717, 1.165) is 0 Å². The van der Waals surface area contributed by atoms with Gasteiger partial charge in [0.1, 0.15) is 6.07 Å². The molecule has 98 valence electrons. The fourth-order valence-electron chi connectivity index (χ4n) is 1.69. The Hall–Kier alpha value is -3.20. The zero-order valence-electron chi connectivity index (χ0n) is 10.4. The summed E-state index contributed by atoms with van der Waals surface area (Å²) in [5.41, 5.74) is 6.51. The van der Waals surface area contributed by atoms with Crippen molar-refractivity contribution in [2.75, 3.05) is 5.73 Å². The number of nitrogen functional groups attached to an aromatic ring is 1. The van der Waals surface area contributed by atoms with Crippen LogP contribution in [0.3, 0.4) is 0 Å². The Morgan fingerprint density at radius 3 is 2.50 bits per heavy atom. The van der Waals surface area contributed by atoms with Gasteiger partial charge in [0.05, 0.1) is 21.9 Å². The van der Waals surface area contributed by atoms with Gasteiger partial charge >= 0.3 is 0 Å². The molecule has 6 nitrogen and oxygen atoms in total. The molecule has 20 heavy (non-hydrogen) atoms. The summed E-state index contributed by atoms with van der Waals surface area (Å²) in [4.78, 5) is 14.5. The van der Waals surface area contributed by atoms with Gasteiger partial charge in [-0.1, -0.05) is 24.3 Å². The van der Waals surface area contributed by atoms with Crippen LogP contribution in [0.4, 0.5) is 17.1 Å². The first-order valence-electron chi connectivity index (χ1n) is 5.70. The van der Waals surface area contributed by atoms with E-state index < -0.39 is 4.92 Å². The maximum absolute atomic E-state index is 11.0. The topological polar surface area (TPSA) is 105 Å². The first-order chi connectivity index (χ1) is 9.63. The van der Waals surface area contributed by atoms with E-state index in [1.165, 1.54) is 18.2 Å². The Balaban J connectivity index is 2.58. The Morgan fingerprint density at radius 1 is 1.20 bits per heavy atom. The first kappa shape index (κ1) is 13.2. The van der Waals surface area contributed by atoms with Crippen molar-refractivity contribution in [3.05, 3.63) is 64.2 Å². The highest BCUT2D eigenvalue weighted by Gasteiger charge is 2.17. The van der Waals surface area contributed by atoms with Gasteiger partial charge in [-0.05, 0) is 18.2 Å². The molecule has 0 heterocycles. The van der Waals surface area contributed by atoms with Crippen molar-refractivity contribution >= 4 is 22.8 Å². The fraction of sp³-hybridized carbons (Fsp3) is 0. The summed E-state index contributed by atoms with van der Waals surface area (Å²) in [5.74, 6) is 0. The molecular formula is C14H10N4O2. The number of para-hydroxylation sites is 3.